The summed E-state index contributed by atoms with van der Waals surface area (Å²) in [6.45, 7) is 8.50. The van der Waals surface area contributed by atoms with Gasteiger partial charge in [-0.3, -0.25) is 4.98 Å². The normalized spacial score (nSPS) is 10.7. The predicted molar refractivity (Wildman–Crippen MR) is 85.2 cm³/mol. The van der Waals surface area contributed by atoms with Crippen LogP contribution in [-0.2, 0) is 13.1 Å². The number of aryl methyl sites for hydroxylation is 2. The molecule has 0 spiro atoms. The summed E-state index contributed by atoms with van der Waals surface area (Å²) in [5, 5.41) is 3.13. The zero-order chi connectivity index (χ0) is 15.2. The lowest BCUT2D eigenvalue weighted by molar-refractivity contribution is 0.752. The second-order valence-electron chi connectivity index (χ2n) is 5.10. The van der Waals surface area contributed by atoms with E-state index < -0.39 is 0 Å². The smallest absolute Gasteiger partial charge is 0.225 e. The third kappa shape index (κ3) is 3.98. The quantitative estimate of drug-likeness (QED) is 0.882. The predicted octanol–water partition coefficient (Wildman–Crippen LogP) is 2.23. The highest BCUT2D eigenvalue weighted by Gasteiger charge is 2.11. The largest absolute Gasteiger partial charge is 0.335 e. The van der Waals surface area contributed by atoms with Gasteiger partial charge in [-0.1, -0.05) is 6.07 Å². The van der Waals surface area contributed by atoms with Gasteiger partial charge in [0.25, 0.3) is 0 Å². The second-order valence-corrected chi connectivity index (χ2v) is 5.10. The van der Waals surface area contributed by atoms with Crippen LogP contribution in [0, 0.1) is 13.8 Å². The van der Waals surface area contributed by atoms with Crippen molar-refractivity contribution in [2.75, 3.05) is 18.5 Å². The number of nitrogens with zero attached hydrogens (tertiary/aromatic N) is 4. The maximum atomic E-state index is 4.63. The molecular weight excluding hydrogens is 262 g/mol. The number of hydrogen-bond acceptors (Lipinski definition) is 5. The Morgan fingerprint density at radius 3 is 2.62 bits per heavy atom. The van der Waals surface area contributed by atoms with E-state index in [2.05, 4.69) is 32.1 Å². The van der Waals surface area contributed by atoms with E-state index in [1.165, 1.54) is 0 Å². The van der Waals surface area contributed by atoms with Crippen molar-refractivity contribution in [3.63, 3.8) is 0 Å². The minimum absolute atomic E-state index is 0.725. The molecule has 0 aliphatic carbocycles. The van der Waals surface area contributed by atoms with Gasteiger partial charge in [0.05, 0.1) is 12.2 Å². The maximum Gasteiger partial charge on any atom is 0.225 e. The molecular formula is C16H23N5. The fourth-order valence-corrected chi connectivity index (χ4v) is 2.20. The average Bonchev–Trinajstić information content (AvgIpc) is 2.47. The second kappa shape index (κ2) is 7.13. The van der Waals surface area contributed by atoms with Gasteiger partial charge in [-0.25, -0.2) is 9.97 Å². The molecule has 0 aliphatic heterocycles. The number of anilines is 1. The zero-order valence-electron chi connectivity index (χ0n) is 13.2. The number of nitrogens with one attached hydrogen (secondary N) is 1. The molecule has 2 aromatic rings. The summed E-state index contributed by atoms with van der Waals surface area (Å²) in [6.07, 6.45) is 1.90. The van der Waals surface area contributed by atoms with Crippen molar-refractivity contribution in [1.82, 2.24) is 20.3 Å². The van der Waals surface area contributed by atoms with Gasteiger partial charge in [-0.2, -0.15) is 0 Å². The zero-order valence-corrected chi connectivity index (χ0v) is 13.2. The lowest BCUT2D eigenvalue weighted by Gasteiger charge is -2.21. The van der Waals surface area contributed by atoms with Gasteiger partial charge in [0.1, 0.15) is 0 Å². The van der Waals surface area contributed by atoms with Gasteiger partial charge in [0.2, 0.25) is 5.95 Å². The first-order chi connectivity index (χ1) is 10.1. The Hall–Kier alpha value is -2.01. The van der Waals surface area contributed by atoms with Crippen LogP contribution >= 0.6 is 0 Å². The number of hydrogen-bond donors (Lipinski definition) is 1. The number of aromatic nitrogens is 3. The Morgan fingerprint density at radius 1 is 1.19 bits per heavy atom. The molecule has 0 radical (unpaired) electrons. The highest BCUT2D eigenvalue weighted by molar-refractivity contribution is 5.33. The summed E-state index contributed by atoms with van der Waals surface area (Å²) < 4.78 is 0. The minimum atomic E-state index is 0.725. The highest BCUT2D eigenvalue weighted by Crippen LogP contribution is 2.14. The van der Waals surface area contributed by atoms with Crippen LogP contribution in [0.1, 0.15) is 29.6 Å². The van der Waals surface area contributed by atoms with E-state index in [4.69, 9.17) is 0 Å². The molecule has 0 aliphatic rings. The molecule has 5 nitrogen and oxygen atoms in total. The van der Waals surface area contributed by atoms with Crippen molar-refractivity contribution in [2.24, 2.45) is 0 Å². The van der Waals surface area contributed by atoms with E-state index in [0.29, 0.717) is 0 Å². The number of rotatable bonds is 6. The van der Waals surface area contributed by atoms with Crippen LogP contribution in [0.3, 0.4) is 0 Å². The fraction of sp³-hybridized carbons (Fsp3) is 0.438. The Morgan fingerprint density at radius 2 is 2.00 bits per heavy atom. The van der Waals surface area contributed by atoms with E-state index in [9.17, 15) is 0 Å². The highest BCUT2D eigenvalue weighted by atomic mass is 15.2. The molecule has 1 N–H and O–H groups in total. The summed E-state index contributed by atoms with van der Waals surface area (Å²) in [7, 11) is 1.93. The lowest BCUT2D eigenvalue weighted by Crippen LogP contribution is -2.25. The van der Waals surface area contributed by atoms with E-state index >= 15 is 0 Å². The molecule has 5 heteroatoms. The van der Waals surface area contributed by atoms with Gasteiger partial charge >= 0.3 is 0 Å². The van der Waals surface area contributed by atoms with Gasteiger partial charge in [-0.05, 0) is 40.0 Å². The molecule has 21 heavy (non-hydrogen) atoms. The van der Waals surface area contributed by atoms with Crippen molar-refractivity contribution in [3.8, 4) is 0 Å². The van der Waals surface area contributed by atoms with Crippen LogP contribution in [0.15, 0.2) is 24.4 Å². The van der Waals surface area contributed by atoms with E-state index in [1.54, 1.807) is 0 Å². The van der Waals surface area contributed by atoms with Crippen molar-refractivity contribution < 1.29 is 0 Å². The Labute approximate surface area is 126 Å². The Kier molecular flexibility index (Phi) is 5.22. The third-order valence-electron chi connectivity index (χ3n) is 3.40. The SMILES string of the molecule is CCN(Cc1cccc(C)n1)c1ncc(CNC)c(C)n1. The molecule has 0 unspecified atom stereocenters. The lowest BCUT2D eigenvalue weighted by atomic mass is 10.2. The molecule has 2 heterocycles. The minimum Gasteiger partial charge on any atom is -0.335 e. The summed E-state index contributed by atoms with van der Waals surface area (Å²) in [6, 6.07) is 6.08. The molecule has 0 fully saturated rings. The van der Waals surface area contributed by atoms with E-state index in [-0.39, 0.29) is 0 Å². The van der Waals surface area contributed by atoms with Crippen LogP contribution in [0.5, 0.6) is 0 Å². The Bertz CT molecular complexity index is 597. The van der Waals surface area contributed by atoms with Crippen molar-refractivity contribution in [2.45, 2.75) is 33.9 Å². The third-order valence-corrected chi connectivity index (χ3v) is 3.40. The summed E-state index contributed by atoms with van der Waals surface area (Å²) in [4.78, 5) is 15.8. The fourth-order valence-electron chi connectivity index (χ4n) is 2.20. The first kappa shape index (κ1) is 15.4. The molecule has 0 saturated heterocycles. The van der Waals surface area contributed by atoms with E-state index in [0.717, 1.165) is 48.2 Å². The van der Waals surface area contributed by atoms with Gasteiger partial charge < -0.3 is 10.2 Å². The molecule has 0 atom stereocenters. The maximum absolute atomic E-state index is 4.63. The molecule has 2 aromatic heterocycles. The molecule has 0 amide bonds. The number of pyridine rings is 1. The van der Waals surface area contributed by atoms with Crippen LogP contribution in [-0.4, -0.2) is 28.5 Å². The van der Waals surface area contributed by atoms with Crippen molar-refractivity contribution >= 4 is 5.95 Å². The van der Waals surface area contributed by atoms with Gasteiger partial charge in [-0.15, -0.1) is 0 Å². The summed E-state index contributed by atoms with van der Waals surface area (Å²) in [5.74, 6) is 0.762. The Balaban J connectivity index is 2.19. The topological polar surface area (TPSA) is 53.9 Å². The van der Waals surface area contributed by atoms with Crippen LogP contribution in [0.25, 0.3) is 0 Å². The first-order valence-corrected chi connectivity index (χ1v) is 7.28. The molecule has 0 saturated carbocycles. The monoisotopic (exact) mass is 285 g/mol. The van der Waals surface area contributed by atoms with Gasteiger partial charge in [0, 0.05) is 36.2 Å². The standard InChI is InChI=1S/C16H23N5/c1-5-21(11-15-8-6-7-12(2)19-15)16-18-10-14(9-17-4)13(3)20-16/h6-8,10,17H,5,9,11H2,1-4H3. The van der Waals surface area contributed by atoms with Crippen molar-refractivity contribution in [1.29, 1.82) is 0 Å². The average molecular weight is 285 g/mol. The van der Waals surface area contributed by atoms with Crippen LogP contribution in [0.4, 0.5) is 5.95 Å². The van der Waals surface area contributed by atoms with Crippen LogP contribution < -0.4 is 10.2 Å². The summed E-state index contributed by atoms with van der Waals surface area (Å²) in [5.41, 5.74) is 4.22. The van der Waals surface area contributed by atoms with Crippen LogP contribution in [0.2, 0.25) is 0 Å². The van der Waals surface area contributed by atoms with Crippen molar-refractivity contribution in [3.05, 3.63) is 47.0 Å². The van der Waals surface area contributed by atoms with Gasteiger partial charge in [0.15, 0.2) is 0 Å². The van der Waals surface area contributed by atoms with E-state index in [1.807, 2.05) is 45.3 Å². The molecule has 0 aromatic carbocycles. The molecule has 2 rings (SSSR count). The molecule has 112 valence electrons. The molecule has 0 bridgehead atoms. The summed E-state index contributed by atoms with van der Waals surface area (Å²) >= 11 is 0. The first-order valence-electron chi connectivity index (χ1n) is 7.28.